The number of nitrogens with zero attached hydrogens (tertiary/aromatic N) is 3. The maximum Gasteiger partial charge on any atom is 0.263 e. The first-order chi connectivity index (χ1) is 14.5. The highest BCUT2D eigenvalue weighted by Crippen LogP contribution is 2.21. The average molecular weight is 425 g/mol. The maximum atomic E-state index is 12.6. The number of nitriles is 1. The molecule has 156 valence electrons. The molecule has 1 N–H and O–H groups in total. The lowest BCUT2D eigenvalue weighted by Crippen LogP contribution is -2.44. The van der Waals surface area contributed by atoms with Gasteiger partial charge in [0, 0.05) is 43.1 Å². The molecule has 1 fully saturated rings. The molecule has 6 nitrogen and oxygen atoms in total. The van der Waals surface area contributed by atoms with E-state index in [1.165, 1.54) is 0 Å². The Hall–Kier alpha value is -3.17. The van der Waals surface area contributed by atoms with Gasteiger partial charge in [0.2, 0.25) is 0 Å². The van der Waals surface area contributed by atoms with Crippen molar-refractivity contribution in [2.24, 2.45) is 0 Å². The number of anilines is 1. The molecule has 2 aromatic rings. The van der Waals surface area contributed by atoms with E-state index < -0.39 is 0 Å². The van der Waals surface area contributed by atoms with Crippen molar-refractivity contribution >= 4 is 23.2 Å². The van der Waals surface area contributed by atoms with Crippen molar-refractivity contribution in [3.05, 3.63) is 70.9 Å². The lowest BCUT2D eigenvalue weighted by molar-refractivity contribution is -0.117. The molecule has 0 bridgehead atoms. The fraction of sp³-hybridized carbons (Fsp3) is 0.304. The Morgan fingerprint density at radius 1 is 1.20 bits per heavy atom. The molecule has 1 saturated heterocycles. The highest BCUT2D eigenvalue weighted by atomic mass is 35.5. The molecular weight excluding hydrogens is 400 g/mol. The van der Waals surface area contributed by atoms with Crippen LogP contribution in [0.2, 0.25) is 5.02 Å². The van der Waals surface area contributed by atoms with Crippen LogP contribution in [-0.4, -0.2) is 44.1 Å². The molecule has 1 aliphatic rings. The van der Waals surface area contributed by atoms with Gasteiger partial charge < -0.3 is 19.9 Å². The second kappa shape index (κ2) is 10.0. The third kappa shape index (κ3) is 5.46. The van der Waals surface area contributed by atoms with E-state index in [0.717, 1.165) is 43.2 Å². The number of halogens is 1. The summed E-state index contributed by atoms with van der Waals surface area (Å²) in [7, 11) is 1.61. The lowest BCUT2D eigenvalue weighted by Gasteiger charge is -2.35. The van der Waals surface area contributed by atoms with Gasteiger partial charge in [0.1, 0.15) is 17.4 Å². The fourth-order valence-corrected chi connectivity index (χ4v) is 3.54. The van der Waals surface area contributed by atoms with Crippen LogP contribution in [-0.2, 0) is 4.79 Å². The largest absolute Gasteiger partial charge is 0.497 e. The summed E-state index contributed by atoms with van der Waals surface area (Å²) < 4.78 is 5.16. The Balaban J connectivity index is 1.58. The molecule has 3 rings (SSSR count). The Labute approximate surface area is 182 Å². The molecule has 1 heterocycles. The van der Waals surface area contributed by atoms with Crippen LogP contribution in [0.5, 0.6) is 5.75 Å². The number of ether oxygens (including phenoxy) is 1. The van der Waals surface area contributed by atoms with Crippen molar-refractivity contribution in [3.63, 3.8) is 0 Å². The Morgan fingerprint density at radius 2 is 1.90 bits per heavy atom. The minimum Gasteiger partial charge on any atom is -0.497 e. The number of piperazine rings is 1. The molecule has 0 saturated carbocycles. The van der Waals surface area contributed by atoms with Gasteiger partial charge in [-0.2, -0.15) is 5.26 Å². The molecule has 30 heavy (non-hydrogen) atoms. The number of carbonyl (C=O) groups excluding carboxylic acids is 1. The summed E-state index contributed by atoms with van der Waals surface area (Å²) in [6.45, 7) is 4.91. The predicted octanol–water partition coefficient (Wildman–Crippen LogP) is 3.76. The SMILES string of the molecule is COc1ccc(C(C)NC(=O)/C(C#N)=C\N2CCN(c3cccc(Cl)c3)CC2)cc1. The van der Waals surface area contributed by atoms with Gasteiger partial charge in [-0.15, -0.1) is 0 Å². The molecule has 0 aliphatic carbocycles. The standard InChI is InChI=1S/C23H25ClN4O2/c1-17(18-6-8-22(30-2)9-7-18)26-23(29)19(15-25)16-27-10-12-28(13-11-27)21-5-3-4-20(24)14-21/h3-9,14,16-17H,10-13H2,1-2H3,(H,26,29)/b19-16-. The van der Waals surface area contributed by atoms with Gasteiger partial charge in [-0.1, -0.05) is 29.8 Å². The Bertz CT molecular complexity index is 944. The normalized spacial score (nSPS) is 15.3. The van der Waals surface area contributed by atoms with Crippen molar-refractivity contribution in [1.29, 1.82) is 5.26 Å². The van der Waals surface area contributed by atoms with E-state index >= 15 is 0 Å². The first-order valence-corrected chi connectivity index (χ1v) is 10.2. The van der Waals surface area contributed by atoms with Crippen LogP contribution in [0, 0.1) is 11.3 Å². The van der Waals surface area contributed by atoms with Crippen molar-refractivity contribution < 1.29 is 9.53 Å². The minimum atomic E-state index is -0.377. The van der Waals surface area contributed by atoms with Crippen LogP contribution in [0.15, 0.2) is 60.3 Å². The van der Waals surface area contributed by atoms with Gasteiger partial charge in [-0.3, -0.25) is 4.79 Å². The molecule has 0 aromatic heterocycles. The van der Waals surface area contributed by atoms with Crippen LogP contribution in [0.4, 0.5) is 5.69 Å². The van der Waals surface area contributed by atoms with Crippen LogP contribution in [0.25, 0.3) is 0 Å². The van der Waals surface area contributed by atoms with Crippen molar-refractivity contribution in [2.45, 2.75) is 13.0 Å². The third-order valence-electron chi connectivity index (χ3n) is 5.13. The van der Waals surface area contributed by atoms with Gasteiger partial charge >= 0.3 is 0 Å². The number of nitrogens with one attached hydrogen (secondary N) is 1. The molecule has 0 spiro atoms. The highest BCUT2D eigenvalue weighted by molar-refractivity contribution is 6.30. The average Bonchev–Trinajstić information content (AvgIpc) is 2.77. The van der Waals surface area contributed by atoms with E-state index in [9.17, 15) is 10.1 Å². The predicted molar refractivity (Wildman–Crippen MR) is 118 cm³/mol. The number of benzene rings is 2. The van der Waals surface area contributed by atoms with Crippen LogP contribution in [0.1, 0.15) is 18.5 Å². The van der Waals surface area contributed by atoms with Gasteiger partial charge in [0.05, 0.1) is 13.2 Å². The zero-order chi connectivity index (χ0) is 21.5. The number of methoxy groups -OCH3 is 1. The van der Waals surface area contributed by atoms with Crippen LogP contribution < -0.4 is 15.0 Å². The maximum absolute atomic E-state index is 12.6. The molecule has 1 atom stereocenters. The molecule has 1 aliphatic heterocycles. The zero-order valence-corrected chi connectivity index (χ0v) is 17.9. The van der Waals surface area contributed by atoms with E-state index in [4.69, 9.17) is 16.3 Å². The Kier molecular flexibility index (Phi) is 7.21. The number of carbonyl (C=O) groups is 1. The smallest absolute Gasteiger partial charge is 0.263 e. The number of hydrogen-bond acceptors (Lipinski definition) is 5. The molecule has 7 heteroatoms. The summed E-state index contributed by atoms with van der Waals surface area (Å²) >= 11 is 6.08. The van der Waals surface area contributed by atoms with E-state index in [-0.39, 0.29) is 17.5 Å². The second-order valence-electron chi connectivity index (χ2n) is 7.13. The molecule has 0 radical (unpaired) electrons. The van der Waals surface area contributed by atoms with Gasteiger partial charge in [0.15, 0.2) is 0 Å². The fourth-order valence-electron chi connectivity index (χ4n) is 3.35. The lowest BCUT2D eigenvalue weighted by atomic mass is 10.1. The Morgan fingerprint density at radius 3 is 2.50 bits per heavy atom. The first kappa shape index (κ1) is 21.5. The van der Waals surface area contributed by atoms with E-state index in [0.29, 0.717) is 5.02 Å². The summed E-state index contributed by atoms with van der Waals surface area (Å²) in [5.41, 5.74) is 2.13. The van der Waals surface area contributed by atoms with E-state index in [1.54, 1.807) is 13.3 Å². The third-order valence-corrected chi connectivity index (χ3v) is 5.36. The number of rotatable bonds is 6. The van der Waals surface area contributed by atoms with E-state index in [1.807, 2.05) is 66.4 Å². The quantitative estimate of drug-likeness (QED) is 0.565. The van der Waals surface area contributed by atoms with Gasteiger partial charge in [-0.05, 0) is 42.8 Å². The van der Waals surface area contributed by atoms with E-state index in [2.05, 4.69) is 10.2 Å². The topological polar surface area (TPSA) is 68.6 Å². The minimum absolute atomic E-state index is 0.103. The monoisotopic (exact) mass is 424 g/mol. The highest BCUT2D eigenvalue weighted by Gasteiger charge is 2.19. The van der Waals surface area contributed by atoms with Gasteiger partial charge in [0.25, 0.3) is 5.91 Å². The van der Waals surface area contributed by atoms with Crippen molar-refractivity contribution in [2.75, 3.05) is 38.2 Å². The summed E-state index contributed by atoms with van der Waals surface area (Å²) in [4.78, 5) is 16.9. The zero-order valence-electron chi connectivity index (χ0n) is 17.1. The van der Waals surface area contributed by atoms with Crippen LogP contribution >= 0.6 is 11.6 Å². The first-order valence-electron chi connectivity index (χ1n) is 9.81. The summed E-state index contributed by atoms with van der Waals surface area (Å²) in [6, 6.07) is 17.1. The second-order valence-corrected chi connectivity index (χ2v) is 7.56. The van der Waals surface area contributed by atoms with Crippen LogP contribution in [0.3, 0.4) is 0 Å². The van der Waals surface area contributed by atoms with Gasteiger partial charge in [-0.25, -0.2) is 0 Å². The number of amides is 1. The number of hydrogen-bond donors (Lipinski definition) is 1. The summed E-state index contributed by atoms with van der Waals surface area (Å²) in [5.74, 6) is 0.380. The molecule has 1 unspecified atom stereocenters. The van der Waals surface area contributed by atoms with Crippen molar-refractivity contribution in [1.82, 2.24) is 10.2 Å². The summed E-state index contributed by atoms with van der Waals surface area (Å²) in [6.07, 6.45) is 1.66. The molecule has 1 amide bonds. The summed E-state index contributed by atoms with van der Waals surface area (Å²) in [5, 5.41) is 13.1. The molecular formula is C23H25ClN4O2. The van der Waals surface area contributed by atoms with Crippen molar-refractivity contribution in [3.8, 4) is 11.8 Å². The molecule has 2 aromatic carbocycles.